The zero-order valence-corrected chi connectivity index (χ0v) is 12.4. The van der Waals surface area contributed by atoms with E-state index in [1.807, 2.05) is 30.3 Å². The van der Waals surface area contributed by atoms with Crippen molar-refractivity contribution in [3.05, 3.63) is 59.6 Å². The molecule has 3 heteroatoms. The second kappa shape index (κ2) is 4.01. The summed E-state index contributed by atoms with van der Waals surface area (Å²) in [5.41, 5.74) is 2.18. The van der Waals surface area contributed by atoms with Crippen LogP contribution in [-0.2, 0) is 3.83 Å². The van der Waals surface area contributed by atoms with Gasteiger partial charge in [0.15, 0.2) is 0 Å². The fraction of sp³-hybridized carbons (Fsp3) is 0. The van der Waals surface area contributed by atoms with E-state index in [9.17, 15) is 3.83 Å². The zero-order valence-electron chi connectivity index (χ0n) is 9.89. The van der Waals surface area contributed by atoms with Crippen molar-refractivity contribution in [3.63, 3.8) is 0 Å². The first kappa shape index (κ1) is 11.4. The van der Waals surface area contributed by atoms with Crippen LogP contribution < -0.4 is 8.92 Å². The van der Waals surface area contributed by atoms with Crippen LogP contribution in [0.15, 0.2) is 54.6 Å². The number of rotatable bonds is 0. The third-order valence-electron chi connectivity index (χ3n) is 3.50. The third-order valence-corrected chi connectivity index (χ3v) is 6.98. The molecular formula is C16H9ClOSe. The van der Waals surface area contributed by atoms with Crippen LogP contribution in [0.2, 0.25) is 5.02 Å². The van der Waals surface area contributed by atoms with E-state index in [1.165, 1.54) is 0 Å². The number of hydrogen-bond donors (Lipinski definition) is 0. The van der Waals surface area contributed by atoms with Gasteiger partial charge in [-0.2, -0.15) is 0 Å². The Bertz CT molecular complexity index is 854. The first-order valence-electron chi connectivity index (χ1n) is 5.99. The topological polar surface area (TPSA) is 17.1 Å². The Labute approximate surface area is 119 Å². The molecule has 1 heterocycles. The van der Waals surface area contributed by atoms with Crippen LogP contribution in [0.25, 0.3) is 21.9 Å². The molecule has 4 rings (SSSR count). The van der Waals surface area contributed by atoms with Gasteiger partial charge in [0.05, 0.1) is 0 Å². The summed E-state index contributed by atoms with van der Waals surface area (Å²) in [7, 11) is 0. The molecule has 0 fully saturated rings. The van der Waals surface area contributed by atoms with E-state index in [2.05, 4.69) is 24.3 Å². The molecule has 1 atom stereocenters. The summed E-state index contributed by atoms with van der Waals surface area (Å²) >= 11 is 3.83. The molecule has 1 unspecified atom stereocenters. The van der Waals surface area contributed by atoms with E-state index in [4.69, 9.17) is 11.6 Å². The molecule has 0 saturated heterocycles. The Morgan fingerprint density at radius 3 is 2.58 bits per heavy atom. The van der Waals surface area contributed by atoms with Crippen LogP contribution in [-0.4, -0.2) is 13.8 Å². The minimum atomic E-state index is -2.21. The minimum absolute atomic E-state index is 0.653. The molecule has 0 aromatic heterocycles. The molecule has 0 radical (unpaired) electrons. The Morgan fingerprint density at radius 2 is 1.68 bits per heavy atom. The second-order valence-electron chi connectivity index (χ2n) is 4.57. The van der Waals surface area contributed by atoms with E-state index >= 15 is 0 Å². The summed E-state index contributed by atoms with van der Waals surface area (Å²) in [4.78, 5) is 0. The van der Waals surface area contributed by atoms with Gasteiger partial charge in [-0.05, 0) is 0 Å². The van der Waals surface area contributed by atoms with Crippen molar-refractivity contribution in [1.82, 2.24) is 0 Å². The second-order valence-corrected chi connectivity index (χ2v) is 7.92. The molecule has 0 spiro atoms. The molecule has 3 aromatic carbocycles. The summed E-state index contributed by atoms with van der Waals surface area (Å²) in [6, 6.07) is 18.0. The van der Waals surface area contributed by atoms with Gasteiger partial charge in [0.1, 0.15) is 0 Å². The third kappa shape index (κ3) is 1.54. The van der Waals surface area contributed by atoms with Crippen molar-refractivity contribution in [2.75, 3.05) is 0 Å². The van der Waals surface area contributed by atoms with Gasteiger partial charge in [0.25, 0.3) is 0 Å². The van der Waals surface area contributed by atoms with Crippen LogP contribution in [0.1, 0.15) is 0 Å². The van der Waals surface area contributed by atoms with Gasteiger partial charge in [-0.3, -0.25) is 0 Å². The molecule has 1 nitrogen and oxygen atoms in total. The van der Waals surface area contributed by atoms with Crippen LogP contribution >= 0.6 is 11.6 Å². The fourth-order valence-corrected chi connectivity index (χ4v) is 6.30. The molecule has 92 valence electrons. The molecule has 0 bridgehead atoms. The van der Waals surface area contributed by atoms with Crippen molar-refractivity contribution in [1.29, 1.82) is 0 Å². The van der Waals surface area contributed by atoms with Crippen molar-refractivity contribution >= 4 is 45.1 Å². The number of fused-ring (bicyclic) bond motifs is 5. The predicted molar refractivity (Wildman–Crippen MR) is 80.1 cm³/mol. The summed E-state index contributed by atoms with van der Waals surface area (Å²) < 4.78 is 14.7. The maximum absolute atomic E-state index is 12.8. The summed E-state index contributed by atoms with van der Waals surface area (Å²) in [6.07, 6.45) is 0. The Balaban J connectivity index is 2.14. The van der Waals surface area contributed by atoms with E-state index in [0.29, 0.717) is 5.02 Å². The average Bonchev–Trinajstić information content (AvgIpc) is 2.72. The number of halogens is 1. The average molecular weight is 332 g/mol. The van der Waals surface area contributed by atoms with Gasteiger partial charge >= 0.3 is 120 Å². The molecule has 0 amide bonds. The molecule has 0 N–H and O–H groups in total. The monoisotopic (exact) mass is 332 g/mol. The maximum atomic E-state index is 12.8. The molecule has 1 aliphatic rings. The SMILES string of the molecule is O=[Se]1c2cc(Cl)ccc2-c2ccc3ccccc3c21. The molecule has 19 heavy (non-hydrogen) atoms. The summed E-state index contributed by atoms with van der Waals surface area (Å²) in [6.45, 7) is 0. The van der Waals surface area contributed by atoms with Crippen molar-refractivity contribution in [3.8, 4) is 11.1 Å². The normalized spacial score (nSPS) is 16.4. The predicted octanol–water partition coefficient (Wildman–Crippen LogP) is 3.01. The van der Waals surface area contributed by atoms with Gasteiger partial charge < -0.3 is 0 Å². The fourth-order valence-electron chi connectivity index (χ4n) is 2.64. The molecule has 0 aliphatic carbocycles. The quantitative estimate of drug-likeness (QED) is 0.453. The Kier molecular flexibility index (Phi) is 2.40. The van der Waals surface area contributed by atoms with E-state index in [1.54, 1.807) is 0 Å². The van der Waals surface area contributed by atoms with Crippen LogP contribution in [0.5, 0.6) is 0 Å². The number of hydrogen-bond acceptors (Lipinski definition) is 1. The van der Waals surface area contributed by atoms with Crippen LogP contribution in [0, 0.1) is 0 Å². The summed E-state index contributed by atoms with van der Waals surface area (Å²) in [5, 5.41) is 2.90. The van der Waals surface area contributed by atoms with Crippen molar-refractivity contribution < 1.29 is 3.83 Å². The van der Waals surface area contributed by atoms with Gasteiger partial charge in [0, 0.05) is 0 Å². The van der Waals surface area contributed by atoms with Crippen LogP contribution in [0.3, 0.4) is 0 Å². The van der Waals surface area contributed by atoms with Gasteiger partial charge in [0.2, 0.25) is 0 Å². The van der Waals surface area contributed by atoms with Crippen molar-refractivity contribution in [2.24, 2.45) is 0 Å². The van der Waals surface area contributed by atoms with Crippen LogP contribution in [0.4, 0.5) is 0 Å². The van der Waals surface area contributed by atoms with E-state index in [0.717, 1.165) is 30.8 Å². The standard InChI is InChI=1S/C16H9ClOSe/c17-11-6-8-13-14-7-5-10-3-1-2-4-12(10)16(14)19(18)15(13)9-11/h1-9H. The van der Waals surface area contributed by atoms with E-state index in [-0.39, 0.29) is 0 Å². The first-order chi connectivity index (χ1) is 9.25. The van der Waals surface area contributed by atoms with Gasteiger partial charge in [-0.1, -0.05) is 0 Å². The Hall–Kier alpha value is -1.47. The zero-order chi connectivity index (χ0) is 13.0. The first-order valence-corrected chi connectivity index (χ1v) is 8.78. The van der Waals surface area contributed by atoms with E-state index < -0.39 is 13.8 Å². The van der Waals surface area contributed by atoms with Crippen molar-refractivity contribution in [2.45, 2.75) is 0 Å². The number of benzene rings is 3. The Morgan fingerprint density at radius 1 is 0.895 bits per heavy atom. The van der Waals surface area contributed by atoms with Gasteiger partial charge in [-0.15, -0.1) is 0 Å². The molecule has 3 aromatic rings. The molecule has 1 aliphatic heterocycles. The molecule has 0 saturated carbocycles. The van der Waals surface area contributed by atoms with Gasteiger partial charge in [-0.25, -0.2) is 0 Å². The molecular weight excluding hydrogens is 323 g/mol. The summed E-state index contributed by atoms with van der Waals surface area (Å²) in [5.74, 6) is 0.